The second kappa shape index (κ2) is 7.32. The number of nitrogens with zero attached hydrogens (tertiary/aromatic N) is 1. The Morgan fingerprint density at radius 3 is 2.12 bits per heavy atom. The Labute approximate surface area is 163 Å². The summed E-state index contributed by atoms with van der Waals surface area (Å²) in [6.45, 7) is 21.9. The minimum atomic E-state index is -1.74. The van der Waals surface area contributed by atoms with Gasteiger partial charge in [-0.1, -0.05) is 58.2 Å². The van der Waals surface area contributed by atoms with Crippen LogP contribution in [0.25, 0.3) is 0 Å². The molecule has 3 rings (SSSR count). The van der Waals surface area contributed by atoms with Crippen LogP contribution >= 0.6 is 0 Å². The highest BCUT2D eigenvalue weighted by Gasteiger charge is 2.53. The van der Waals surface area contributed by atoms with Crippen molar-refractivity contribution in [1.82, 2.24) is 9.88 Å². The lowest BCUT2D eigenvalue weighted by Crippen LogP contribution is -2.59. The first-order chi connectivity index (χ1) is 12.0. The van der Waals surface area contributed by atoms with Gasteiger partial charge in [0.25, 0.3) is 0 Å². The fraction of sp³-hybridized carbons (Fsp3) is 0.810. The Kier molecular flexibility index (Phi) is 5.78. The zero-order chi connectivity index (χ0) is 19.2. The molecule has 0 aromatic carbocycles. The maximum Gasteiger partial charge on any atom is 0.192 e. The average molecular weight is 393 g/mol. The number of fused-ring (bicyclic) bond motifs is 1. The molecule has 2 aliphatic carbocycles. The van der Waals surface area contributed by atoms with Gasteiger partial charge in [0.2, 0.25) is 0 Å². The standard InChI is InChI=1S/C21H40N2OSi2/c1-21(2,3)26(6,7)24-19-16-20(18-11-9-8-10-17(18)19)25(4,5)23-14-12-22-13-15-23/h8-11,17-20,22H,12-16H2,1-7H3/t17?,18?,19-,20?/m0/s1. The highest BCUT2D eigenvalue weighted by atomic mass is 28.4. The molecular weight excluding hydrogens is 352 g/mol. The normalized spacial score (nSPS) is 33.5. The van der Waals surface area contributed by atoms with Gasteiger partial charge in [0.05, 0.1) is 6.10 Å². The number of rotatable bonds is 4. The van der Waals surface area contributed by atoms with Gasteiger partial charge >= 0.3 is 0 Å². The minimum absolute atomic E-state index is 0.278. The van der Waals surface area contributed by atoms with Gasteiger partial charge in [0, 0.05) is 32.1 Å². The van der Waals surface area contributed by atoms with Crippen LogP contribution in [0.3, 0.4) is 0 Å². The summed E-state index contributed by atoms with van der Waals surface area (Å²) in [6.07, 6.45) is 11.1. The molecule has 1 N–H and O–H groups in total. The van der Waals surface area contributed by atoms with E-state index >= 15 is 0 Å². The van der Waals surface area contributed by atoms with Crippen LogP contribution in [0.5, 0.6) is 0 Å². The van der Waals surface area contributed by atoms with Crippen molar-refractivity contribution in [1.29, 1.82) is 0 Å². The molecule has 1 saturated heterocycles. The lowest BCUT2D eigenvalue weighted by molar-refractivity contribution is 0.153. The number of nitrogens with one attached hydrogen (secondary N) is 1. The molecule has 5 heteroatoms. The van der Waals surface area contributed by atoms with E-state index in [1.807, 2.05) is 0 Å². The van der Waals surface area contributed by atoms with E-state index in [4.69, 9.17) is 4.43 Å². The van der Waals surface area contributed by atoms with E-state index in [1.165, 1.54) is 19.5 Å². The first-order valence-corrected chi connectivity index (χ1v) is 16.5. The maximum absolute atomic E-state index is 6.99. The van der Waals surface area contributed by atoms with Crippen molar-refractivity contribution in [3.8, 4) is 0 Å². The highest BCUT2D eigenvalue weighted by Crippen LogP contribution is 2.53. The van der Waals surface area contributed by atoms with Crippen LogP contribution in [0.4, 0.5) is 0 Å². The van der Waals surface area contributed by atoms with Gasteiger partial charge in [-0.05, 0) is 36.0 Å². The molecule has 3 unspecified atom stereocenters. The Morgan fingerprint density at radius 1 is 0.962 bits per heavy atom. The molecule has 4 atom stereocenters. The van der Waals surface area contributed by atoms with E-state index in [0.717, 1.165) is 18.6 Å². The monoisotopic (exact) mass is 392 g/mol. The molecule has 0 amide bonds. The van der Waals surface area contributed by atoms with Crippen LogP contribution in [-0.2, 0) is 4.43 Å². The van der Waals surface area contributed by atoms with Crippen LogP contribution in [-0.4, -0.2) is 53.4 Å². The van der Waals surface area contributed by atoms with Crippen molar-refractivity contribution >= 4 is 16.6 Å². The van der Waals surface area contributed by atoms with Crippen LogP contribution in [0.2, 0.25) is 36.8 Å². The van der Waals surface area contributed by atoms with Gasteiger partial charge < -0.3 is 14.3 Å². The van der Waals surface area contributed by atoms with Gasteiger partial charge in [-0.15, -0.1) is 0 Å². The van der Waals surface area contributed by atoms with E-state index in [-0.39, 0.29) is 5.04 Å². The average Bonchev–Trinajstić information content (AvgIpc) is 2.94. The summed E-state index contributed by atoms with van der Waals surface area (Å²) in [7, 11) is -3.24. The fourth-order valence-electron chi connectivity index (χ4n) is 4.90. The molecule has 0 bridgehead atoms. The molecule has 3 nitrogen and oxygen atoms in total. The summed E-state index contributed by atoms with van der Waals surface area (Å²) in [5, 5.41) is 3.80. The van der Waals surface area contributed by atoms with Crippen molar-refractivity contribution in [2.24, 2.45) is 11.8 Å². The van der Waals surface area contributed by atoms with Crippen LogP contribution in [0, 0.1) is 11.8 Å². The molecule has 0 spiro atoms. The Morgan fingerprint density at radius 2 is 1.54 bits per heavy atom. The first-order valence-electron chi connectivity index (χ1n) is 10.5. The molecule has 148 valence electrons. The van der Waals surface area contributed by atoms with Crippen LogP contribution < -0.4 is 5.32 Å². The lowest BCUT2D eigenvalue weighted by atomic mass is 9.91. The summed E-state index contributed by atoms with van der Waals surface area (Å²) in [5.41, 5.74) is 0.793. The SMILES string of the molecule is CC(C)(C)[Si](C)(C)O[C@H]1CC([Si](C)(C)N2CCNCC2)C2C=CC=CC21. The minimum Gasteiger partial charge on any atom is -0.413 e. The number of allylic oxidation sites excluding steroid dienone is 3. The van der Waals surface area contributed by atoms with Crippen molar-refractivity contribution < 1.29 is 4.43 Å². The molecule has 2 fully saturated rings. The third-order valence-corrected chi connectivity index (χ3v) is 16.7. The molecule has 1 saturated carbocycles. The van der Waals surface area contributed by atoms with E-state index in [1.54, 1.807) is 0 Å². The van der Waals surface area contributed by atoms with E-state index in [9.17, 15) is 0 Å². The van der Waals surface area contributed by atoms with Crippen molar-refractivity contribution in [3.63, 3.8) is 0 Å². The zero-order valence-electron chi connectivity index (χ0n) is 18.0. The summed E-state index contributed by atoms with van der Waals surface area (Å²) in [5.74, 6) is 1.25. The smallest absolute Gasteiger partial charge is 0.192 e. The van der Waals surface area contributed by atoms with Crippen molar-refractivity contribution in [2.75, 3.05) is 26.2 Å². The number of piperazine rings is 1. The van der Waals surface area contributed by atoms with Crippen molar-refractivity contribution in [3.05, 3.63) is 24.3 Å². The second-order valence-corrected chi connectivity index (χ2v) is 20.0. The molecule has 1 heterocycles. The van der Waals surface area contributed by atoms with E-state index in [2.05, 4.69) is 81.1 Å². The molecule has 0 aromatic rings. The predicted molar refractivity (Wildman–Crippen MR) is 118 cm³/mol. The topological polar surface area (TPSA) is 24.5 Å². The van der Waals surface area contributed by atoms with Crippen molar-refractivity contribution in [2.45, 2.75) is 70.1 Å². The van der Waals surface area contributed by atoms with Gasteiger partial charge in [-0.25, -0.2) is 0 Å². The first kappa shape index (κ1) is 20.5. The third-order valence-electron chi connectivity index (χ3n) is 7.69. The number of hydrogen-bond acceptors (Lipinski definition) is 3. The lowest BCUT2D eigenvalue weighted by Gasteiger charge is -2.45. The zero-order valence-corrected chi connectivity index (χ0v) is 20.0. The van der Waals surface area contributed by atoms with Gasteiger partial charge in [0.1, 0.15) is 8.24 Å². The summed E-state index contributed by atoms with van der Waals surface area (Å²) >= 11 is 0. The maximum atomic E-state index is 6.99. The highest BCUT2D eigenvalue weighted by molar-refractivity contribution is 6.76. The van der Waals surface area contributed by atoms with Gasteiger partial charge in [-0.3, -0.25) is 0 Å². The van der Waals surface area contributed by atoms with Gasteiger partial charge in [0.15, 0.2) is 8.32 Å². The quantitative estimate of drug-likeness (QED) is 0.707. The largest absolute Gasteiger partial charge is 0.413 e. The Hall–Kier alpha value is -0.206. The molecule has 0 radical (unpaired) electrons. The molecule has 1 aliphatic heterocycles. The molecule has 26 heavy (non-hydrogen) atoms. The summed E-state index contributed by atoms with van der Waals surface area (Å²) in [4.78, 5) is 0. The fourth-order valence-corrected chi connectivity index (χ4v) is 10.2. The predicted octanol–water partition coefficient (Wildman–Crippen LogP) is 4.62. The van der Waals surface area contributed by atoms with E-state index in [0.29, 0.717) is 17.9 Å². The van der Waals surface area contributed by atoms with E-state index < -0.39 is 16.6 Å². The number of hydrogen-bond donors (Lipinski definition) is 1. The molecular formula is C21H40N2OSi2. The van der Waals surface area contributed by atoms with Gasteiger partial charge in [-0.2, -0.15) is 0 Å². The Bertz CT molecular complexity index is 559. The third kappa shape index (κ3) is 3.83. The second-order valence-electron chi connectivity index (χ2n) is 10.6. The summed E-state index contributed by atoms with van der Waals surface area (Å²) in [6, 6.07) is 0. The summed E-state index contributed by atoms with van der Waals surface area (Å²) < 4.78 is 9.84. The van der Waals surface area contributed by atoms with Crippen LogP contribution in [0.15, 0.2) is 24.3 Å². The Balaban J connectivity index is 1.82. The molecule has 3 aliphatic rings. The van der Waals surface area contributed by atoms with Crippen LogP contribution in [0.1, 0.15) is 27.2 Å². The molecule has 0 aromatic heterocycles.